The van der Waals surface area contributed by atoms with Crippen LogP contribution in [-0.4, -0.2) is 20.8 Å². The molecule has 0 spiro atoms. The minimum Gasteiger partial charge on any atom is -0.343 e. The molecule has 0 rings (SSSR count). The van der Waals surface area contributed by atoms with E-state index in [9.17, 15) is 0 Å². The zero-order valence-corrected chi connectivity index (χ0v) is 14.5. The second-order valence-electron chi connectivity index (χ2n) is 3.48. The summed E-state index contributed by atoms with van der Waals surface area (Å²) >= 11 is 0. The van der Waals surface area contributed by atoms with Gasteiger partial charge in [0.25, 0.3) is 0 Å². The van der Waals surface area contributed by atoms with Gasteiger partial charge >= 0.3 is 25.0 Å². The first-order valence-electron chi connectivity index (χ1n) is 6.04. The van der Waals surface area contributed by atoms with Crippen LogP contribution in [-0.2, 0) is 17.1 Å². The summed E-state index contributed by atoms with van der Waals surface area (Å²) < 4.78 is 0. The molecule has 0 aliphatic carbocycles. The van der Waals surface area contributed by atoms with Gasteiger partial charge in [-0.2, -0.15) is 27.5 Å². The first-order valence-corrected chi connectivity index (χ1v) is 7.87. The zero-order chi connectivity index (χ0) is 13.4. The third-order valence-electron chi connectivity index (χ3n) is 1.52. The monoisotopic (exact) mass is 352 g/mol. The van der Waals surface area contributed by atoms with Crippen molar-refractivity contribution in [1.82, 2.24) is 0 Å². The van der Waals surface area contributed by atoms with E-state index in [1.165, 1.54) is 12.8 Å². The van der Waals surface area contributed by atoms with Crippen LogP contribution in [0.3, 0.4) is 0 Å². The van der Waals surface area contributed by atoms with Crippen LogP contribution < -0.4 is 0 Å². The number of halogens is 1. The van der Waals surface area contributed by atoms with Gasteiger partial charge in [-0.05, 0) is 6.42 Å². The summed E-state index contributed by atoms with van der Waals surface area (Å²) in [5, 5.41) is 0. The van der Waals surface area contributed by atoms with Crippen LogP contribution in [0.1, 0.15) is 59.3 Å². The van der Waals surface area contributed by atoms with E-state index >= 15 is 0 Å². The van der Waals surface area contributed by atoms with Crippen molar-refractivity contribution < 1.29 is 31.7 Å². The molecular formula is C12H31ClCuO3P+. The fourth-order valence-corrected chi connectivity index (χ4v) is 1.11. The molecule has 3 nitrogen and oxygen atoms in total. The molecule has 119 valence electrons. The van der Waals surface area contributed by atoms with E-state index in [0.29, 0.717) is 6.42 Å². The molecule has 0 atom stereocenters. The van der Waals surface area contributed by atoms with Gasteiger partial charge in [-0.15, -0.1) is 12.4 Å². The molecule has 0 unspecified atom stereocenters. The van der Waals surface area contributed by atoms with Gasteiger partial charge in [0.15, 0.2) is 0 Å². The Hall–Kier alpha value is 1.12. The van der Waals surface area contributed by atoms with Gasteiger partial charge in [-0.25, -0.2) is 0 Å². The van der Waals surface area contributed by atoms with Gasteiger partial charge < -0.3 is 13.8 Å². The molecule has 3 N–H and O–H groups in total. The van der Waals surface area contributed by atoms with Crippen molar-refractivity contribution in [2.75, 3.05) is 6.16 Å². The molecule has 0 aliphatic heterocycles. The summed E-state index contributed by atoms with van der Waals surface area (Å²) in [7, 11) is -3.43. The maximum absolute atomic E-state index is 8.37. The second kappa shape index (κ2) is 26.6. The Labute approximate surface area is 131 Å². The van der Waals surface area contributed by atoms with E-state index in [2.05, 4.69) is 27.7 Å². The van der Waals surface area contributed by atoms with Crippen molar-refractivity contribution in [1.29, 1.82) is 0 Å². The van der Waals surface area contributed by atoms with Crippen LogP contribution in [0.4, 0.5) is 0 Å². The average molecular weight is 353 g/mol. The normalized spacial score (nSPS) is 8.67. The van der Waals surface area contributed by atoms with Crippen molar-refractivity contribution in [2.45, 2.75) is 59.3 Å². The largest absolute Gasteiger partial charge is 2.00 e. The molecule has 0 heterocycles. The van der Waals surface area contributed by atoms with Crippen LogP contribution >= 0.6 is 20.4 Å². The number of rotatable bonds is 5. The van der Waals surface area contributed by atoms with Crippen LogP contribution in [0.2, 0.25) is 0 Å². The van der Waals surface area contributed by atoms with Gasteiger partial charge in [0.05, 0.1) is 0 Å². The fraction of sp³-hybridized carbons (Fsp3) is 0.833. The van der Waals surface area contributed by atoms with E-state index in [0.717, 1.165) is 19.3 Å². The van der Waals surface area contributed by atoms with E-state index in [-0.39, 0.29) is 35.6 Å². The van der Waals surface area contributed by atoms with Crippen LogP contribution in [0.25, 0.3) is 0 Å². The predicted molar refractivity (Wildman–Crippen MR) is 81.1 cm³/mol. The quantitative estimate of drug-likeness (QED) is 0.395. The summed E-state index contributed by atoms with van der Waals surface area (Å²) in [5.41, 5.74) is 0. The topological polar surface area (TPSA) is 60.7 Å². The van der Waals surface area contributed by atoms with Gasteiger partial charge in [-0.3, -0.25) is 0 Å². The van der Waals surface area contributed by atoms with Gasteiger partial charge in [0, 0.05) is 0 Å². The molecule has 0 aromatic heterocycles. The van der Waals surface area contributed by atoms with Crippen molar-refractivity contribution in [3.05, 3.63) is 13.8 Å². The maximum Gasteiger partial charge on any atom is 2.00 e. The first-order chi connectivity index (χ1) is 7.39. The molecule has 1 radical (unpaired) electrons. The molecule has 0 fully saturated rings. The number of unbranched alkanes of at least 4 members (excludes halogenated alkanes) is 3. The summed E-state index contributed by atoms with van der Waals surface area (Å²) in [6, 6.07) is 0. The molecule has 0 aliphatic rings. The number of hydrogen-bond acceptors (Lipinski definition) is 3. The Morgan fingerprint density at radius 2 is 1.11 bits per heavy atom. The van der Waals surface area contributed by atoms with E-state index in [1.54, 1.807) is 0 Å². The van der Waals surface area contributed by atoms with Crippen LogP contribution in [0.5, 0.6) is 0 Å². The first kappa shape index (κ1) is 31.5. The third-order valence-corrected chi connectivity index (χ3v) is 2.44. The Bertz CT molecular complexity index is 106. The summed E-state index contributed by atoms with van der Waals surface area (Å²) in [6.07, 6.45) is 6.25. The van der Waals surface area contributed by atoms with Crippen LogP contribution in [0.15, 0.2) is 0 Å². The second-order valence-corrected chi connectivity index (χ2v) is 5.31. The van der Waals surface area contributed by atoms with E-state index < -0.39 is 7.94 Å². The Morgan fingerprint density at radius 1 is 0.833 bits per heavy atom. The smallest absolute Gasteiger partial charge is 0.343 e. The summed E-state index contributed by atoms with van der Waals surface area (Å²) in [5.74, 6) is 0. The summed E-state index contributed by atoms with van der Waals surface area (Å²) in [4.78, 5) is 25.1. The SMILES string of the molecule is CCCC[P+](O)(O)O.Cl.[CH2-]CCC.[CH2-]CCC.[Cu+2]. The zero-order valence-electron chi connectivity index (χ0n) is 11.9. The summed E-state index contributed by atoms with van der Waals surface area (Å²) in [6.45, 7) is 13.4. The average Bonchev–Trinajstić information content (AvgIpc) is 2.26. The van der Waals surface area contributed by atoms with Gasteiger partial charge in [0.2, 0.25) is 0 Å². The van der Waals surface area contributed by atoms with Gasteiger partial charge in [-0.1, -0.05) is 40.0 Å². The molecular weight excluding hydrogens is 322 g/mol. The van der Waals surface area contributed by atoms with E-state index in [1.807, 2.05) is 6.92 Å². The van der Waals surface area contributed by atoms with Crippen molar-refractivity contribution in [2.24, 2.45) is 0 Å². The van der Waals surface area contributed by atoms with Crippen molar-refractivity contribution in [3.8, 4) is 0 Å². The van der Waals surface area contributed by atoms with Crippen LogP contribution in [0, 0.1) is 13.8 Å². The molecule has 18 heavy (non-hydrogen) atoms. The molecule has 0 bridgehead atoms. The van der Waals surface area contributed by atoms with E-state index in [4.69, 9.17) is 14.7 Å². The van der Waals surface area contributed by atoms with Crippen molar-refractivity contribution >= 4 is 20.4 Å². The minimum absolute atomic E-state index is 0. The molecule has 0 saturated heterocycles. The Balaban J connectivity index is -0.0000000489. The molecule has 6 heteroatoms. The number of hydrogen-bond donors (Lipinski definition) is 3. The Morgan fingerprint density at radius 3 is 1.17 bits per heavy atom. The third kappa shape index (κ3) is 67.5. The molecule has 0 saturated carbocycles. The molecule has 0 aromatic carbocycles. The minimum atomic E-state index is -3.43. The Kier molecular flexibility index (Phi) is 46.6. The molecule has 0 aromatic rings. The fourth-order valence-electron chi connectivity index (χ4n) is 0.370. The molecule has 0 amide bonds. The van der Waals surface area contributed by atoms with Crippen molar-refractivity contribution in [3.63, 3.8) is 0 Å². The maximum atomic E-state index is 8.37. The van der Waals surface area contributed by atoms with Gasteiger partial charge in [0.1, 0.15) is 6.16 Å². The predicted octanol–water partition coefficient (Wildman–Crippen LogP) is 4.19. The standard InChI is InChI=1S/C4H12O3P.2C4H9.ClH.Cu/c1-2-3-4-8(5,6)7;2*1-3-4-2;;/h5-7H,2-4H2,1H3;2*1,3-4H2,2H3;1H;/q+1;2*-1;;+2.